The fourth-order valence-electron chi connectivity index (χ4n) is 1.36. The van der Waals surface area contributed by atoms with Crippen molar-refractivity contribution in [1.29, 1.82) is 0 Å². The molecule has 0 bridgehead atoms. The third-order valence-electron chi connectivity index (χ3n) is 1.97. The summed E-state index contributed by atoms with van der Waals surface area (Å²) in [4.78, 5) is 8.31. The maximum Gasteiger partial charge on any atom is 0.116 e. The number of aryl methyl sites for hydroxylation is 1. The Morgan fingerprint density at radius 2 is 2.00 bits per heavy atom. The van der Waals surface area contributed by atoms with E-state index in [0.29, 0.717) is 0 Å². The van der Waals surface area contributed by atoms with Crippen LogP contribution in [0.3, 0.4) is 0 Å². The van der Waals surface area contributed by atoms with Crippen molar-refractivity contribution in [2.45, 2.75) is 19.8 Å². The van der Waals surface area contributed by atoms with Crippen LogP contribution in [0.5, 0.6) is 0 Å². The van der Waals surface area contributed by atoms with Crippen LogP contribution in [0, 0.1) is 6.92 Å². The Morgan fingerprint density at radius 3 is 2.82 bits per heavy atom. The van der Waals surface area contributed by atoms with Crippen molar-refractivity contribution >= 4 is 12.2 Å². The van der Waals surface area contributed by atoms with Crippen molar-refractivity contribution < 1.29 is 0 Å². The predicted molar refractivity (Wildman–Crippen MR) is 44.2 cm³/mol. The van der Waals surface area contributed by atoms with E-state index in [1.807, 2.05) is 6.92 Å². The molecule has 1 heterocycles. The maximum atomic E-state index is 4.18. The zero-order valence-electron chi connectivity index (χ0n) is 6.54. The van der Waals surface area contributed by atoms with Gasteiger partial charge in [0.2, 0.25) is 0 Å². The number of fused-ring (bicyclic) bond motifs is 1. The van der Waals surface area contributed by atoms with Crippen LogP contribution >= 0.6 is 0 Å². The van der Waals surface area contributed by atoms with E-state index in [9.17, 15) is 0 Å². The van der Waals surface area contributed by atoms with Gasteiger partial charge >= 0.3 is 0 Å². The molecule has 0 spiro atoms. The summed E-state index contributed by atoms with van der Waals surface area (Å²) in [7, 11) is 0. The average Bonchev–Trinajstić information content (AvgIpc) is 2.06. The van der Waals surface area contributed by atoms with E-state index in [-0.39, 0.29) is 0 Å². The highest BCUT2D eigenvalue weighted by molar-refractivity contribution is 5.36. The molecule has 1 aliphatic rings. The third-order valence-corrected chi connectivity index (χ3v) is 1.97. The molecule has 0 N–H and O–H groups in total. The summed E-state index contributed by atoms with van der Waals surface area (Å²) < 4.78 is 0. The lowest BCUT2D eigenvalue weighted by molar-refractivity contribution is 0.997. The molecule has 56 valence electrons. The summed E-state index contributed by atoms with van der Waals surface area (Å²) in [6.45, 7) is 2.02. The minimum Gasteiger partial charge on any atom is -0.241 e. The van der Waals surface area contributed by atoms with Crippen LogP contribution in [0.2, 0.25) is 0 Å². The second-order valence-electron chi connectivity index (χ2n) is 2.74. The van der Waals surface area contributed by atoms with Crippen LogP contribution in [-0.2, 0) is 0 Å². The third kappa shape index (κ3) is 1.04. The summed E-state index contributed by atoms with van der Waals surface area (Å²) in [5.41, 5.74) is 1.09. The first-order valence-corrected chi connectivity index (χ1v) is 3.86. The van der Waals surface area contributed by atoms with Crippen molar-refractivity contribution in [2.75, 3.05) is 0 Å². The molecule has 0 atom stereocenters. The highest BCUT2D eigenvalue weighted by Gasteiger charge is 1.96. The van der Waals surface area contributed by atoms with Gasteiger partial charge in [0, 0.05) is 10.9 Å². The second-order valence-corrected chi connectivity index (χ2v) is 2.74. The first kappa shape index (κ1) is 6.53. The topological polar surface area (TPSA) is 25.8 Å². The number of hydrogen-bond donors (Lipinski definition) is 0. The summed E-state index contributed by atoms with van der Waals surface area (Å²) in [6, 6.07) is 0. The van der Waals surface area contributed by atoms with Crippen LogP contribution in [0.15, 0.2) is 6.33 Å². The Balaban J connectivity index is 2.88. The van der Waals surface area contributed by atoms with Crippen LogP contribution in [-0.4, -0.2) is 9.97 Å². The first-order chi connectivity index (χ1) is 5.38. The van der Waals surface area contributed by atoms with Crippen molar-refractivity contribution in [3.05, 3.63) is 22.6 Å². The Bertz CT molecular complexity index is 379. The lowest BCUT2D eigenvalue weighted by Gasteiger charge is -1.99. The van der Waals surface area contributed by atoms with E-state index < -0.39 is 0 Å². The van der Waals surface area contributed by atoms with Gasteiger partial charge in [0.05, 0.1) is 5.35 Å². The molecule has 0 saturated heterocycles. The van der Waals surface area contributed by atoms with Crippen molar-refractivity contribution in [3.8, 4) is 0 Å². The maximum absolute atomic E-state index is 4.18. The molecule has 0 aromatic carbocycles. The Hall–Kier alpha value is -1.18. The number of hydrogen-bond acceptors (Lipinski definition) is 2. The van der Waals surface area contributed by atoms with Gasteiger partial charge in [0.1, 0.15) is 6.33 Å². The molecule has 1 aliphatic carbocycles. The van der Waals surface area contributed by atoms with Crippen LogP contribution in [0.4, 0.5) is 0 Å². The molecule has 0 aliphatic heterocycles. The SMILES string of the molecule is Cc1ncnc2c1=CCCC=2. The van der Waals surface area contributed by atoms with Gasteiger partial charge in [-0.3, -0.25) is 0 Å². The smallest absolute Gasteiger partial charge is 0.116 e. The quantitative estimate of drug-likeness (QED) is 0.520. The van der Waals surface area contributed by atoms with Crippen molar-refractivity contribution in [1.82, 2.24) is 9.97 Å². The molecule has 11 heavy (non-hydrogen) atoms. The van der Waals surface area contributed by atoms with Gasteiger partial charge in [0.15, 0.2) is 0 Å². The standard InChI is InChI=1S/C9H10N2/c1-7-8-4-2-3-5-9(8)11-6-10-7/h4-6H,2-3H2,1H3. The van der Waals surface area contributed by atoms with Crippen LogP contribution in [0.1, 0.15) is 18.5 Å². The summed E-state index contributed by atoms with van der Waals surface area (Å²) >= 11 is 0. The van der Waals surface area contributed by atoms with E-state index in [0.717, 1.165) is 23.9 Å². The summed E-state index contributed by atoms with van der Waals surface area (Å²) in [6.07, 6.45) is 8.25. The summed E-state index contributed by atoms with van der Waals surface area (Å²) in [5, 5.41) is 2.32. The molecule has 0 amide bonds. The monoisotopic (exact) mass is 146 g/mol. The molecule has 2 rings (SSSR count). The second kappa shape index (κ2) is 2.46. The Morgan fingerprint density at radius 1 is 1.18 bits per heavy atom. The fourth-order valence-corrected chi connectivity index (χ4v) is 1.36. The molecular weight excluding hydrogens is 136 g/mol. The Kier molecular flexibility index (Phi) is 1.46. The van der Waals surface area contributed by atoms with Gasteiger partial charge in [-0.25, -0.2) is 9.97 Å². The van der Waals surface area contributed by atoms with E-state index in [4.69, 9.17) is 0 Å². The minimum atomic E-state index is 1.09. The largest absolute Gasteiger partial charge is 0.241 e. The highest BCUT2D eigenvalue weighted by atomic mass is 14.8. The molecule has 1 aromatic rings. The summed E-state index contributed by atoms with van der Waals surface area (Å²) in [5.74, 6) is 0. The highest BCUT2D eigenvalue weighted by Crippen LogP contribution is 1.93. The van der Waals surface area contributed by atoms with Gasteiger partial charge in [-0.2, -0.15) is 0 Å². The molecule has 0 radical (unpaired) electrons. The molecule has 1 aromatic heterocycles. The van der Waals surface area contributed by atoms with Gasteiger partial charge in [-0.15, -0.1) is 0 Å². The van der Waals surface area contributed by atoms with Crippen LogP contribution < -0.4 is 10.6 Å². The van der Waals surface area contributed by atoms with E-state index in [1.54, 1.807) is 6.33 Å². The van der Waals surface area contributed by atoms with Gasteiger partial charge in [-0.1, -0.05) is 12.2 Å². The normalized spacial score (nSPS) is 14.6. The average molecular weight is 146 g/mol. The molecule has 0 saturated carbocycles. The molecular formula is C9H10N2. The van der Waals surface area contributed by atoms with Gasteiger partial charge < -0.3 is 0 Å². The minimum absolute atomic E-state index is 1.09. The lowest BCUT2D eigenvalue weighted by atomic mass is 10.1. The number of aromatic nitrogens is 2. The zero-order chi connectivity index (χ0) is 7.68. The van der Waals surface area contributed by atoms with Crippen molar-refractivity contribution in [3.63, 3.8) is 0 Å². The predicted octanol–water partition coefficient (Wildman–Crippen LogP) is 0.140. The molecule has 0 fully saturated rings. The fraction of sp³-hybridized carbons (Fsp3) is 0.333. The number of rotatable bonds is 0. The van der Waals surface area contributed by atoms with Gasteiger partial charge in [0.25, 0.3) is 0 Å². The zero-order valence-corrected chi connectivity index (χ0v) is 6.54. The van der Waals surface area contributed by atoms with E-state index >= 15 is 0 Å². The Labute approximate surface area is 65.3 Å². The molecule has 2 heteroatoms. The first-order valence-electron chi connectivity index (χ1n) is 3.86. The lowest BCUT2D eigenvalue weighted by Crippen LogP contribution is -2.33. The molecule has 0 unspecified atom stereocenters. The van der Waals surface area contributed by atoms with E-state index in [2.05, 4.69) is 22.1 Å². The van der Waals surface area contributed by atoms with Crippen molar-refractivity contribution in [2.24, 2.45) is 0 Å². The van der Waals surface area contributed by atoms with Gasteiger partial charge in [-0.05, 0) is 19.8 Å². The number of nitrogens with zero attached hydrogens (tertiary/aromatic N) is 2. The van der Waals surface area contributed by atoms with E-state index in [1.165, 1.54) is 5.22 Å². The molecule has 2 nitrogen and oxygen atoms in total. The van der Waals surface area contributed by atoms with Crippen LogP contribution in [0.25, 0.3) is 12.2 Å².